The number of fused-ring (bicyclic) bond motifs is 3. The molecular weight excluding hydrogens is 552 g/mol. The zero-order valence-electron chi connectivity index (χ0n) is 20.9. The highest BCUT2D eigenvalue weighted by atomic mass is 35.5. The van der Waals surface area contributed by atoms with Gasteiger partial charge in [-0.15, -0.1) is 11.6 Å². The molecule has 1 heterocycles. The lowest BCUT2D eigenvalue weighted by atomic mass is 9.60. The van der Waals surface area contributed by atoms with Crippen molar-refractivity contribution in [3.63, 3.8) is 0 Å². The van der Waals surface area contributed by atoms with Gasteiger partial charge >= 0.3 is 6.18 Å². The molecule has 3 unspecified atom stereocenters. The molecule has 3 atom stereocenters. The predicted molar refractivity (Wildman–Crippen MR) is 128 cm³/mol. The van der Waals surface area contributed by atoms with Crippen molar-refractivity contribution in [1.82, 2.24) is 20.4 Å². The fourth-order valence-corrected chi connectivity index (χ4v) is 5.64. The molecule has 5 rings (SSSR count). The summed E-state index contributed by atoms with van der Waals surface area (Å²) in [7, 11) is 0. The summed E-state index contributed by atoms with van der Waals surface area (Å²) in [5, 5.41) is 8.44. The van der Waals surface area contributed by atoms with E-state index >= 15 is 0 Å². The summed E-state index contributed by atoms with van der Waals surface area (Å²) in [6, 6.07) is 0.788. The Balaban J connectivity index is 1.24. The highest BCUT2D eigenvalue weighted by molar-refractivity contribution is 6.21. The lowest BCUT2D eigenvalue weighted by Crippen LogP contribution is -2.69. The number of alkyl halides is 5. The Hall–Kier alpha value is -2.74. The Morgan fingerprint density at radius 2 is 1.79 bits per heavy atom. The molecule has 4 aliphatic rings. The van der Waals surface area contributed by atoms with E-state index in [0.29, 0.717) is 25.7 Å². The molecule has 2 bridgehead atoms. The summed E-state index contributed by atoms with van der Waals surface area (Å²) in [6.45, 7) is -2.39. The van der Waals surface area contributed by atoms with Crippen LogP contribution in [-0.2, 0) is 25.7 Å². The van der Waals surface area contributed by atoms with E-state index < -0.39 is 65.4 Å². The molecule has 216 valence electrons. The maximum Gasteiger partial charge on any atom is 0.408 e. The van der Waals surface area contributed by atoms with Crippen LogP contribution < -0.4 is 20.9 Å². The first-order valence-corrected chi connectivity index (χ1v) is 13.0. The van der Waals surface area contributed by atoms with Gasteiger partial charge in [-0.25, -0.2) is 9.07 Å². The molecule has 10 nitrogen and oxygen atoms in total. The van der Waals surface area contributed by atoms with Gasteiger partial charge in [0.2, 0.25) is 5.91 Å². The topological polar surface area (TPSA) is 129 Å². The molecule has 0 saturated heterocycles. The summed E-state index contributed by atoms with van der Waals surface area (Å²) in [5.41, 5.74) is -2.91. The predicted octanol–water partition coefficient (Wildman–Crippen LogP) is 1.96. The van der Waals surface area contributed by atoms with Crippen LogP contribution in [0, 0.1) is 0 Å². The minimum Gasteiger partial charge on any atom is -0.482 e. The highest BCUT2D eigenvalue weighted by Gasteiger charge is 2.55. The largest absolute Gasteiger partial charge is 0.482 e. The summed E-state index contributed by atoms with van der Waals surface area (Å²) >= 11 is 5.87. The summed E-state index contributed by atoms with van der Waals surface area (Å²) in [5.74, 6) is -1.48. The van der Waals surface area contributed by atoms with Gasteiger partial charge in [0.1, 0.15) is 25.1 Å². The number of rotatable bonds is 9. The number of hydrogen-bond donors (Lipinski definition) is 2. The smallest absolute Gasteiger partial charge is 0.408 e. The molecule has 0 radical (unpaired) electrons. The molecule has 2 N–H and O–H groups in total. The van der Waals surface area contributed by atoms with E-state index in [4.69, 9.17) is 21.1 Å². The number of hydrogen-bond acceptors (Lipinski definition) is 7. The van der Waals surface area contributed by atoms with Crippen LogP contribution in [-0.4, -0.2) is 75.5 Å². The summed E-state index contributed by atoms with van der Waals surface area (Å²) in [6.07, 6.45) is -2.66. The average molecular weight is 581 g/mol. The van der Waals surface area contributed by atoms with E-state index in [0.717, 1.165) is 12.3 Å². The van der Waals surface area contributed by atoms with E-state index in [1.54, 1.807) is 0 Å². The highest BCUT2D eigenvalue weighted by Crippen LogP contribution is 2.44. The van der Waals surface area contributed by atoms with E-state index in [9.17, 15) is 36.7 Å². The third-order valence-electron chi connectivity index (χ3n) is 7.52. The van der Waals surface area contributed by atoms with E-state index in [1.165, 1.54) is 0 Å². The normalized spacial score (nSPS) is 30.6. The standard InChI is InChI=1S/C24H29ClF4N4O6/c25-16-2-1-14(7-17(16)26)38-11-19(35)31-22-3-5-23(6-4-22,18(34)9-22)32-20(36)12-39-15-8-21(37)33(30-10-15)13-24(27,28)29/h8,10,14,16-17H,1-7,9,11-13H2,(H,31,35)(H,32,36). The Morgan fingerprint density at radius 1 is 1.10 bits per heavy atom. The number of amides is 2. The number of ketones is 1. The minimum absolute atomic E-state index is 0.0190. The molecule has 4 fully saturated rings. The first-order valence-electron chi connectivity index (χ1n) is 12.6. The number of Topliss-reactive ketones (excluding diaryl/α,β-unsaturated/α-hetero) is 1. The van der Waals surface area contributed by atoms with Crippen molar-refractivity contribution >= 4 is 29.2 Å². The summed E-state index contributed by atoms with van der Waals surface area (Å²) < 4.78 is 62.2. The van der Waals surface area contributed by atoms with E-state index in [2.05, 4.69) is 15.7 Å². The van der Waals surface area contributed by atoms with Crippen molar-refractivity contribution < 1.29 is 41.4 Å². The van der Waals surface area contributed by atoms with Crippen LogP contribution in [0.3, 0.4) is 0 Å². The quantitative estimate of drug-likeness (QED) is 0.337. The monoisotopic (exact) mass is 580 g/mol. The van der Waals surface area contributed by atoms with Gasteiger partial charge in [0.05, 0.1) is 23.2 Å². The Kier molecular flexibility index (Phi) is 8.55. The second kappa shape index (κ2) is 11.4. The molecule has 1 aromatic rings. The van der Waals surface area contributed by atoms with Crippen LogP contribution in [0.5, 0.6) is 5.75 Å². The summed E-state index contributed by atoms with van der Waals surface area (Å²) in [4.78, 5) is 49.9. The van der Waals surface area contributed by atoms with E-state index in [1.807, 2.05) is 0 Å². The lowest BCUT2D eigenvalue weighted by molar-refractivity contribution is -0.144. The maximum atomic E-state index is 13.8. The first kappa shape index (κ1) is 29.2. The molecule has 0 aromatic carbocycles. The Morgan fingerprint density at radius 3 is 2.41 bits per heavy atom. The molecule has 39 heavy (non-hydrogen) atoms. The van der Waals surface area contributed by atoms with Gasteiger partial charge in [-0.3, -0.25) is 19.2 Å². The number of carbonyl (C=O) groups excluding carboxylic acids is 3. The van der Waals surface area contributed by atoms with E-state index in [-0.39, 0.29) is 48.5 Å². The number of halogens is 5. The van der Waals surface area contributed by atoms with Gasteiger partial charge < -0.3 is 20.1 Å². The second-order valence-corrected chi connectivity index (χ2v) is 11.0. The number of ether oxygens (including phenoxy) is 2. The van der Waals surface area contributed by atoms with Crippen LogP contribution in [0.15, 0.2) is 17.1 Å². The van der Waals surface area contributed by atoms with Gasteiger partial charge in [-0.2, -0.15) is 18.3 Å². The molecule has 0 spiro atoms. The fraction of sp³-hybridized carbons (Fsp3) is 0.708. The number of aromatic nitrogens is 2. The van der Waals surface area contributed by atoms with Crippen molar-refractivity contribution in [1.29, 1.82) is 0 Å². The van der Waals surface area contributed by atoms with Crippen molar-refractivity contribution in [2.24, 2.45) is 0 Å². The fourth-order valence-electron chi connectivity index (χ4n) is 5.41. The van der Waals surface area contributed by atoms with Crippen LogP contribution in [0.4, 0.5) is 17.6 Å². The van der Waals surface area contributed by atoms with Gasteiger partial charge in [-0.1, -0.05) is 0 Å². The van der Waals surface area contributed by atoms with Crippen molar-refractivity contribution in [3.05, 3.63) is 22.6 Å². The van der Waals surface area contributed by atoms with Crippen LogP contribution in [0.2, 0.25) is 0 Å². The zero-order valence-corrected chi connectivity index (χ0v) is 21.7. The second-order valence-electron chi connectivity index (χ2n) is 10.4. The van der Waals surface area contributed by atoms with Gasteiger partial charge in [0, 0.05) is 24.4 Å². The molecule has 2 amide bonds. The number of nitrogens with zero attached hydrogens (tertiary/aromatic N) is 2. The molecule has 15 heteroatoms. The molecule has 1 aromatic heterocycles. The van der Waals surface area contributed by atoms with Crippen LogP contribution in [0.25, 0.3) is 0 Å². The average Bonchev–Trinajstić information content (AvgIpc) is 2.85. The molecule has 4 aliphatic carbocycles. The lowest BCUT2D eigenvalue weighted by Gasteiger charge is -2.52. The maximum absolute atomic E-state index is 13.8. The molecular formula is C24H29ClF4N4O6. The first-order chi connectivity index (χ1) is 18.3. The molecule has 4 saturated carbocycles. The SMILES string of the molecule is O=C(COC1CCC(Cl)C(F)C1)NC12CCC(NC(=O)COc3cnn(CC(F)(F)F)c(=O)c3)(CC1)C(=O)C2. The Bertz CT molecular complexity index is 1150. The zero-order chi connectivity index (χ0) is 28.4. The van der Waals surface area contributed by atoms with Crippen molar-refractivity contribution in [3.8, 4) is 5.75 Å². The third kappa shape index (κ3) is 7.27. The van der Waals surface area contributed by atoms with Crippen LogP contribution in [0.1, 0.15) is 51.4 Å². The van der Waals surface area contributed by atoms with Gasteiger partial charge in [-0.05, 0) is 38.5 Å². The third-order valence-corrected chi connectivity index (χ3v) is 8.01. The number of carbonyl (C=O) groups is 3. The Labute approximate surface area is 225 Å². The van der Waals surface area contributed by atoms with Gasteiger partial charge in [0.15, 0.2) is 12.4 Å². The van der Waals surface area contributed by atoms with Crippen LogP contribution >= 0.6 is 11.6 Å². The molecule has 0 aliphatic heterocycles. The number of nitrogens with one attached hydrogen (secondary N) is 2. The minimum atomic E-state index is -4.62. The van der Waals surface area contributed by atoms with Gasteiger partial charge in [0.25, 0.3) is 11.5 Å². The van der Waals surface area contributed by atoms with Crippen molar-refractivity contribution in [2.75, 3.05) is 13.2 Å². The van der Waals surface area contributed by atoms with Crippen molar-refractivity contribution in [2.45, 2.75) is 92.8 Å².